The Morgan fingerprint density at radius 1 is 1.10 bits per heavy atom. The predicted octanol–water partition coefficient (Wildman–Crippen LogP) is 5.42. The van der Waals surface area contributed by atoms with Crippen molar-refractivity contribution in [3.8, 4) is 0 Å². The van der Waals surface area contributed by atoms with E-state index in [1.165, 1.54) is 12.8 Å². The normalized spacial score (nSPS) is 13.7. The van der Waals surface area contributed by atoms with Gasteiger partial charge < -0.3 is 5.32 Å². The van der Waals surface area contributed by atoms with Crippen molar-refractivity contribution in [3.63, 3.8) is 0 Å². The SMILES string of the molecule is O=C(NCC1CC1)c1ccccc1Sc1ccc2c(C=Cc3ccccn3)n[nH]c2c1. The molecule has 31 heavy (non-hydrogen) atoms. The van der Waals surface area contributed by atoms with Gasteiger partial charge >= 0.3 is 0 Å². The molecule has 1 fully saturated rings. The first kappa shape index (κ1) is 19.6. The molecule has 1 amide bonds. The lowest BCUT2D eigenvalue weighted by Gasteiger charge is -2.10. The monoisotopic (exact) mass is 426 g/mol. The van der Waals surface area contributed by atoms with Gasteiger partial charge in [-0.2, -0.15) is 5.10 Å². The smallest absolute Gasteiger partial charge is 0.252 e. The highest BCUT2D eigenvalue weighted by Crippen LogP contribution is 2.33. The minimum atomic E-state index is -0.000404. The standard InChI is InChI=1S/C25H22N4OS/c30-25(27-16-17-8-9-17)21-6-1-2-7-24(21)31-19-11-12-20-22(28-29-23(20)15-19)13-10-18-5-3-4-14-26-18/h1-7,10-15,17H,8-9,16H2,(H,27,30)(H,28,29). The second-order valence-corrected chi connectivity index (χ2v) is 8.77. The fourth-order valence-corrected chi connectivity index (χ4v) is 4.36. The van der Waals surface area contributed by atoms with Crippen LogP contribution in [0.15, 0.2) is 76.7 Å². The number of nitrogens with zero attached hydrogens (tertiary/aromatic N) is 2. The largest absolute Gasteiger partial charge is 0.352 e. The van der Waals surface area contributed by atoms with Crippen LogP contribution in [0.2, 0.25) is 0 Å². The van der Waals surface area contributed by atoms with Gasteiger partial charge in [-0.15, -0.1) is 0 Å². The van der Waals surface area contributed by atoms with Crippen LogP contribution < -0.4 is 5.32 Å². The summed E-state index contributed by atoms with van der Waals surface area (Å²) in [6, 6.07) is 19.8. The number of fused-ring (bicyclic) bond motifs is 1. The van der Waals surface area contributed by atoms with Gasteiger partial charge in [0.25, 0.3) is 5.91 Å². The van der Waals surface area contributed by atoms with Gasteiger partial charge in [-0.3, -0.25) is 14.9 Å². The van der Waals surface area contributed by atoms with E-state index < -0.39 is 0 Å². The van der Waals surface area contributed by atoms with Gasteiger partial charge in [-0.25, -0.2) is 0 Å². The highest BCUT2D eigenvalue weighted by Gasteiger charge is 2.22. The summed E-state index contributed by atoms with van der Waals surface area (Å²) >= 11 is 1.59. The van der Waals surface area contributed by atoms with Gasteiger partial charge in [0.15, 0.2) is 0 Å². The van der Waals surface area contributed by atoms with Crippen LogP contribution in [0.1, 0.15) is 34.6 Å². The average Bonchev–Trinajstić information content (AvgIpc) is 3.56. The average molecular weight is 427 g/mol. The molecule has 0 aliphatic heterocycles. The molecule has 1 aliphatic carbocycles. The molecule has 2 aromatic carbocycles. The van der Waals surface area contributed by atoms with Gasteiger partial charge in [0.05, 0.1) is 22.5 Å². The molecule has 6 heteroatoms. The summed E-state index contributed by atoms with van der Waals surface area (Å²) < 4.78 is 0. The molecule has 0 spiro atoms. The minimum absolute atomic E-state index is 0.000404. The second kappa shape index (κ2) is 8.78. The molecule has 2 aromatic heterocycles. The number of pyridine rings is 1. The fraction of sp³-hybridized carbons (Fsp3) is 0.160. The Kier molecular flexibility index (Phi) is 5.54. The van der Waals surface area contributed by atoms with Gasteiger partial charge in [-0.1, -0.05) is 30.0 Å². The molecule has 0 saturated heterocycles. The lowest BCUT2D eigenvalue weighted by molar-refractivity contribution is 0.0949. The van der Waals surface area contributed by atoms with Crippen LogP contribution in [-0.2, 0) is 0 Å². The number of hydrogen-bond donors (Lipinski definition) is 2. The van der Waals surface area contributed by atoms with Crippen molar-refractivity contribution < 1.29 is 4.79 Å². The van der Waals surface area contributed by atoms with E-state index in [4.69, 9.17) is 0 Å². The van der Waals surface area contributed by atoms with E-state index in [1.54, 1.807) is 18.0 Å². The summed E-state index contributed by atoms with van der Waals surface area (Å²) in [6.07, 6.45) is 8.14. The quantitative estimate of drug-likeness (QED) is 0.414. The van der Waals surface area contributed by atoms with E-state index >= 15 is 0 Å². The minimum Gasteiger partial charge on any atom is -0.352 e. The maximum atomic E-state index is 12.6. The summed E-state index contributed by atoms with van der Waals surface area (Å²) in [4.78, 5) is 18.9. The Bertz CT molecular complexity index is 1240. The number of carbonyl (C=O) groups excluding carboxylic acids is 1. The number of aromatic nitrogens is 3. The molecular formula is C25H22N4OS. The Balaban J connectivity index is 1.35. The highest BCUT2D eigenvalue weighted by atomic mass is 32.2. The zero-order valence-electron chi connectivity index (χ0n) is 16.9. The van der Waals surface area contributed by atoms with Crippen molar-refractivity contribution in [1.82, 2.24) is 20.5 Å². The molecule has 154 valence electrons. The molecule has 0 unspecified atom stereocenters. The number of H-pyrrole nitrogens is 1. The number of rotatable bonds is 7. The second-order valence-electron chi connectivity index (χ2n) is 7.66. The molecule has 1 aliphatic rings. The van der Waals surface area contributed by atoms with Crippen LogP contribution in [0.25, 0.3) is 23.1 Å². The molecule has 4 aromatic rings. The lowest BCUT2D eigenvalue weighted by atomic mass is 10.2. The van der Waals surface area contributed by atoms with Crippen LogP contribution in [-0.4, -0.2) is 27.6 Å². The van der Waals surface area contributed by atoms with Gasteiger partial charge in [0, 0.05) is 27.9 Å². The molecule has 0 radical (unpaired) electrons. The number of amides is 1. The number of aromatic amines is 1. The third-order valence-corrected chi connectivity index (χ3v) is 6.34. The van der Waals surface area contributed by atoms with Crippen LogP contribution in [0, 0.1) is 5.92 Å². The van der Waals surface area contributed by atoms with Gasteiger partial charge in [0.1, 0.15) is 0 Å². The van der Waals surface area contributed by atoms with E-state index in [9.17, 15) is 4.79 Å². The van der Waals surface area contributed by atoms with Crippen LogP contribution in [0.4, 0.5) is 0 Å². The molecular weight excluding hydrogens is 404 g/mol. The lowest BCUT2D eigenvalue weighted by Crippen LogP contribution is -2.25. The summed E-state index contributed by atoms with van der Waals surface area (Å²) in [6.45, 7) is 0.771. The maximum absolute atomic E-state index is 12.6. The molecule has 2 N–H and O–H groups in total. The number of nitrogens with one attached hydrogen (secondary N) is 2. The van der Waals surface area contributed by atoms with E-state index in [1.807, 2.05) is 54.6 Å². The zero-order chi connectivity index (χ0) is 21.0. The molecule has 0 atom stereocenters. The maximum Gasteiger partial charge on any atom is 0.252 e. The van der Waals surface area contributed by atoms with Crippen LogP contribution in [0.3, 0.4) is 0 Å². The molecule has 2 heterocycles. The van der Waals surface area contributed by atoms with Crippen molar-refractivity contribution in [1.29, 1.82) is 0 Å². The van der Waals surface area contributed by atoms with Crippen LogP contribution in [0.5, 0.6) is 0 Å². The first-order valence-corrected chi connectivity index (χ1v) is 11.2. The summed E-state index contributed by atoms with van der Waals surface area (Å²) in [5, 5.41) is 11.7. The predicted molar refractivity (Wildman–Crippen MR) is 125 cm³/mol. The van der Waals surface area contributed by atoms with Crippen molar-refractivity contribution in [2.24, 2.45) is 5.92 Å². The third-order valence-electron chi connectivity index (χ3n) is 5.27. The Hall–Kier alpha value is -3.38. The Labute approximate surface area is 185 Å². The van der Waals surface area contributed by atoms with Gasteiger partial charge in [0.2, 0.25) is 0 Å². The van der Waals surface area contributed by atoms with Crippen molar-refractivity contribution in [2.45, 2.75) is 22.6 Å². The van der Waals surface area contributed by atoms with E-state index in [-0.39, 0.29) is 5.91 Å². The fourth-order valence-electron chi connectivity index (χ4n) is 3.37. The van der Waals surface area contributed by atoms with Crippen molar-refractivity contribution in [2.75, 3.05) is 6.54 Å². The van der Waals surface area contributed by atoms with Crippen LogP contribution >= 0.6 is 11.8 Å². The number of benzene rings is 2. The summed E-state index contributed by atoms with van der Waals surface area (Å²) in [5.74, 6) is 0.659. The summed E-state index contributed by atoms with van der Waals surface area (Å²) in [7, 11) is 0. The van der Waals surface area contributed by atoms with E-state index in [0.29, 0.717) is 5.92 Å². The van der Waals surface area contributed by atoms with E-state index in [2.05, 4.69) is 38.7 Å². The first-order chi connectivity index (χ1) is 15.3. The first-order valence-electron chi connectivity index (χ1n) is 10.4. The molecule has 5 rings (SSSR count). The number of carbonyl (C=O) groups is 1. The molecule has 0 bridgehead atoms. The van der Waals surface area contributed by atoms with Crippen molar-refractivity contribution in [3.05, 3.63) is 83.8 Å². The van der Waals surface area contributed by atoms with Crippen molar-refractivity contribution >= 4 is 40.7 Å². The third kappa shape index (κ3) is 4.70. The van der Waals surface area contributed by atoms with E-state index in [0.717, 1.165) is 44.2 Å². The zero-order valence-corrected chi connectivity index (χ0v) is 17.7. The summed E-state index contributed by atoms with van der Waals surface area (Å²) in [5.41, 5.74) is 3.44. The number of hydrogen-bond acceptors (Lipinski definition) is 4. The Morgan fingerprint density at radius 2 is 1.97 bits per heavy atom. The Morgan fingerprint density at radius 3 is 2.81 bits per heavy atom. The van der Waals surface area contributed by atoms with Gasteiger partial charge in [-0.05, 0) is 73.4 Å². The topological polar surface area (TPSA) is 70.7 Å². The molecule has 5 nitrogen and oxygen atoms in total. The highest BCUT2D eigenvalue weighted by molar-refractivity contribution is 7.99. The molecule has 1 saturated carbocycles.